The molecule has 0 saturated carbocycles. The monoisotopic (exact) mass is 2180 g/mol. The van der Waals surface area contributed by atoms with E-state index in [2.05, 4.69) is 85.1 Å². The van der Waals surface area contributed by atoms with Crippen LogP contribution in [0.1, 0.15) is 145 Å². The van der Waals surface area contributed by atoms with Gasteiger partial charge >= 0.3 is 86.7 Å². The van der Waals surface area contributed by atoms with Crippen LogP contribution in [0, 0.1) is 46.5 Å². The first-order chi connectivity index (χ1) is 55.1. The Balaban J connectivity index is -0.000000430. The second kappa shape index (κ2) is 74.9. The molecule has 6 atom stereocenters. The van der Waals surface area contributed by atoms with Crippen molar-refractivity contribution in [1.29, 1.82) is 0 Å². The number of phenols is 3. The van der Waals surface area contributed by atoms with Gasteiger partial charge in [-0.2, -0.15) is 19.2 Å². The van der Waals surface area contributed by atoms with Gasteiger partial charge in [0.2, 0.25) is 5.91 Å². The molecule has 0 aliphatic rings. The number of benzene rings is 7. The fourth-order valence-corrected chi connectivity index (χ4v) is 9.79. The van der Waals surface area contributed by atoms with Crippen molar-refractivity contribution in [2.75, 3.05) is 13.7 Å². The average molecular weight is 2180 g/mol. The number of carboxylic acid groups (broad SMARTS) is 3. The molecule has 0 spiro atoms. The standard InChI is InChI=1S/C24H30N2O6.2C14H19NO3.C10H12O2.C10H10O2.C9H10O.C2H4O.2CO2.CH4.I3.I2/c1-16-10-11-18(14-21(16)27)9-6-12-25-19(15-22(28)29)23(30)26-20(24(31)32-2)13-17-7-4-3-5-8-17;2*1-10(7-11-5-3-2-4-6-11)8-13(16)12(15)9-14(17)18;2*1-8-4-5-9(3-2-6-11)7-10(8)12;1-7-3-4-9(6-10)5-8(7)2;1-2-3;2*2-1-3;;1-3-2;1-2/h3-5,7-8,10-11,14,19-20,25,27H,6,9,12-13,15H2,1-2H3,(H,26,30)(H,28,29);2*2-6,10,12H,7-9,15H2,1H3,(H,17,18);4-7,12H,2-3H2,1H3;2-7,12H,1H3;3-6H,1-2H3;2H,1H3;;;1H4;;/q;;;;;;;;;;-1;/b;;;;3-2+;;;;;;;/t19-,20-;2*10-,12+;;;;;;;;;/m111........./s1. The topological polar surface area (TPSA) is 463 Å². The van der Waals surface area contributed by atoms with E-state index in [1.54, 1.807) is 30.3 Å². The molecule has 117 heavy (non-hydrogen) atoms. The summed E-state index contributed by atoms with van der Waals surface area (Å²) < 4.78 is 4.80. The molecule has 26 nitrogen and oxygen atoms in total. The van der Waals surface area contributed by atoms with Crippen LogP contribution in [0.2, 0.25) is 0 Å². The molecular weight excluding hydrogens is 2080 g/mol. The number of amides is 1. The van der Waals surface area contributed by atoms with Crippen LogP contribution in [0.25, 0.3) is 6.08 Å². The number of hydrogen-bond acceptors (Lipinski definition) is 22. The predicted molar refractivity (Wildman–Crippen MR) is 479 cm³/mol. The zero-order valence-electron chi connectivity index (χ0n) is 66.0. The number of aldehydes is 4. The molecule has 7 aromatic carbocycles. The van der Waals surface area contributed by atoms with Crippen molar-refractivity contribution >= 4 is 159 Å². The minimum atomic E-state index is -1.13. The van der Waals surface area contributed by atoms with E-state index in [1.807, 2.05) is 188 Å². The molecule has 0 bridgehead atoms. The fourth-order valence-electron chi connectivity index (χ4n) is 9.79. The van der Waals surface area contributed by atoms with Crippen LogP contribution in [0.15, 0.2) is 170 Å². The molecule has 0 aromatic heterocycles. The Morgan fingerprint density at radius 3 is 1.22 bits per heavy atom. The number of nitrogens with one attached hydrogen (secondary N) is 2. The van der Waals surface area contributed by atoms with E-state index in [1.165, 1.54) is 42.4 Å². The van der Waals surface area contributed by atoms with E-state index >= 15 is 0 Å². The maximum Gasteiger partial charge on any atom is 0.373 e. The van der Waals surface area contributed by atoms with Gasteiger partial charge in [0.25, 0.3) is 0 Å². The molecule has 7 rings (SSSR count). The Morgan fingerprint density at radius 1 is 0.504 bits per heavy atom. The summed E-state index contributed by atoms with van der Waals surface area (Å²) in [5, 5.41) is 60.3. The summed E-state index contributed by atoms with van der Waals surface area (Å²) in [6.07, 6.45) is 10.7. The zero-order chi connectivity index (χ0) is 88.9. The number of ether oxygens (including phenoxy) is 1. The molecule has 0 radical (unpaired) electrons. The van der Waals surface area contributed by atoms with Crippen LogP contribution < -0.4 is 35.4 Å². The van der Waals surface area contributed by atoms with E-state index < -0.39 is 60.4 Å². The smallest absolute Gasteiger partial charge is 0.186 e. The number of methoxy groups -OCH3 is 1. The van der Waals surface area contributed by atoms with Crippen molar-refractivity contribution in [1.82, 2.24) is 10.6 Å². The number of carboxylic acids is 3. The maximum atomic E-state index is 12.8. The van der Waals surface area contributed by atoms with Crippen molar-refractivity contribution in [2.24, 2.45) is 23.3 Å². The maximum absolute atomic E-state index is 12.8. The Hall–Kier alpha value is -8.66. The van der Waals surface area contributed by atoms with Crippen molar-refractivity contribution in [3.8, 4) is 17.2 Å². The number of phenolic OH excluding ortho intramolecular Hbond substituents is 3. The van der Waals surface area contributed by atoms with Crippen LogP contribution in [-0.2, 0) is 104 Å². The first-order valence-corrected chi connectivity index (χ1v) is 54.3. The minimum absolute atomic E-state index is 0. The number of aromatic hydroxyl groups is 3. The van der Waals surface area contributed by atoms with Crippen LogP contribution in [0.3, 0.4) is 0 Å². The van der Waals surface area contributed by atoms with Crippen LogP contribution in [-0.4, -0.2) is 147 Å². The van der Waals surface area contributed by atoms with Crippen LogP contribution >= 0.6 is 74.5 Å². The third-order valence-electron chi connectivity index (χ3n) is 15.7. The van der Waals surface area contributed by atoms with Crippen molar-refractivity contribution in [2.45, 2.75) is 164 Å². The normalized spacial score (nSPS) is 11.1. The first-order valence-electron chi connectivity index (χ1n) is 35.4. The Kier molecular flexibility index (Phi) is 74.8. The summed E-state index contributed by atoms with van der Waals surface area (Å²) in [5.41, 5.74) is 22.7. The molecule has 0 saturated heterocycles. The number of ketones is 2. The van der Waals surface area contributed by atoms with Crippen molar-refractivity contribution in [3.63, 3.8) is 0 Å². The molecule has 0 unspecified atom stereocenters. The zero-order valence-corrected chi connectivity index (χ0v) is 76.8. The van der Waals surface area contributed by atoms with Gasteiger partial charge in [0, 0.05) is 68.5 Å². The summed E-state index contributed by atoms with van der Waals surface area (Å²) >= 11 is 9.54. The molecule has 0 heterocycles. The molecule has 1 amide bonds. The number of esters is 1. The average Bonchev–Trinajstić information content (AvgIpc) is 0.882. The summed E-state index contributed by atoms with van der Waals surface area (Å²) in [7, 11) is 1.24. The largest absolute Gasteiger partial charge is 0.373 e. The molecule has 0 fully saturated rings. The van der Waals surface area contributed by atoms with Gasteiger partial charge in [-0.3, -0.25) is 38.4 Å². The Morgan fingerprint density at radius 2 is 0.872 bits per heavy atom. The van der Waals surface area contributed by atoms with E-state index in [0.717, 1.165) is 76.2 Å². The first kappa shape index (κ1) is 117. The fraction of sp³-hybridized carbons (Fsp3) is 0.337. The number of halogens is 5. The van der Waals surface area contributed by atoms with Gasteiger partial charge < -0.3 is 67.1 Å². The summed E-state index contributed by atoms with van der Waals surface area (Å²) in [4.78, 5) is 152. The van der Waals surface area contributed by atoms with E-state index in [0.29, 0.717) is 70.4 Å². The van der Waals surface area contributed by atoms with Gasteiger partial charge in [-0.15, -0.1) is 0 Å². The second-order valence-electron chi connectivity index (χ2n) is 25.2. The number of aliphatic carboxylic acids is 3. The van der Waals surface area contributed by atoms with Crippen LogP contribution in [0.5, 0.6) is 17.2 Å². The van der Waals surface area contributed by atoms with E-state index in [9.17, 15) is 68.4 Å². The molecule has 0 aliphatic carbocycles. The van der Waals surface area contributed by atoms with Crippen molar-refractivity contribution < 1.29 is 121 Å². The molecule has 7 aromatic rings. The molecule has 0 aliphatic heterocycles. The summed E-state index contributed by atoms with van der Waals surface area (Å²) in [6, 6.07) is 47.1. The van der Waals surface area contributed by atoms with Gasteiger partial charge in [-0.25, -0.2) is 4.79 Å². The van der Waals surface area contributed by atoms with Gasteiger partial charge in [0.05, 0.1) is 44.5 Å². The predicted octanol–water partition coefficient (Wildman–Crippen LogP) is 11.3. The number of carbonyl (C=O) groups is 11. The molecule has 31 heteroatoms. The summed E-state index contributed by atoms with van der Waals surface area (Å²) in [5.74, 6) is -3.62. The SMILES string of the molecule is C.CC=O.COC(=O)[C@@H](Cc1ccccc1)NC(=O)[C@@H](CC(=O)O)NCCCc1ccc(C)c(O)c1.C[C@@H](CC(=O)[C@@H](N)CC(=O)O)Cc1ccccc1.C[C@@H](CC(=O)[C@@H](N)CC(=O)O)Cc1ccccc1.Cc1ccc(/C=C/C=O)cc1O.Cc1ccc(C=O)cc1C.Cc1ccc(CCC=O)cc1O.II.I[I-]I.O=C=O.O=C=O. The Labute approximate surface area is 738 Å². The number of hydrogen-bond donors (Lipinski definition) is 10. The Bertz CT molecular complexity index is 4020. The van der Waals surface area contributed by atoms with Crippen molar-refractivity contribution in [3.05, 3.63) is 237 Å². The number of rotatable bonds is 32. The van der Waals surface area contributed by atoms with Gasteiger partial charge in [-0.1, -0.05) is 167 Å². The van der Waals surface area contributed by atoms with Gasteiger partial charge in [0.1, 0.15) is 60.0 Å². The van der Waals surface area contributed by atoms with E-state index in [-0.39, 0.29) is 73.9 Å². The van der Waals surface area contributed by atoms with Gasteiger partial charge in [0.15, 0.2) is 0 Å². The van der Waals surface area contributed by atoms with Gasteiger partial charge in [-0.05, 0) is 184 Å². The van der Waals surface area contributed by atoms with Crippen LogP contribution in [0.4, 0.5) is 0 Å². The quantitative estimate of drug-likeness (QED) is 0.00615. The second-order valence-corrected chi connectivity index (χ2v) is 41.5. The molecular formula is C86H108I5N4O22-. The number of nitrogens with two attached hydrogens (primary N) is 2. The number of Topliss-reactive ketones (excluding diaryl/α,β-unsaturated/α-hetero) is 2. The third-order valence-corrected chi connectivity index (χ3v) is 15.7. The minimum Gasteiger partial charge on any atom is -0.186 e. The number of allylic oxidation sites excluding steroid dienone is 1. The summed E-state index contributed by atoms with van der Waals surface area (Å²) in [6.45, 7) is 15.3. The number of aryl methyl sites for hydroxylation is 7. The molecule has 12 N–H and O–H groups in total. The molecule has 640 valence electrons. The van der Waals surface area contributed by atoms with E-state index in [4.69, 9.17) is 50.4 Å². The number of carbonyl (C=O) groups excluding carboxylic acids is 12. The third kappa shape index (κ3) is 62.2.